The molecule has 1 aromatic heterocycles. The molecule has 0 bridgehead atoms. The van der Waals surface area contributed by atoms with E-state index in [1.165, 1.54) is 0 Å². The first kappa shape index (κ1) is 15.1. The summed E-state index contributed by atoms with van der Waals surface area (Å²) in [6.45, 7) is 0.939. The van der Waals surface area contributed by atoms with Gasteiger partial charge in [-0.3, -0.25) is 4.79 Å². The number of benzene rings is 1. The Labute approximate surface area is 139 Å². The fourth-order valence-electron chi connectivity index (χ4n) is 3.10. The fraction of sp³-hybridized carbons (Fsp3) is 0.471. The lowest BCUT2D eigenvalue weighted by molar-refractivity contribution is -0.117. The number of nitrogens with two attached hydrogens (primary N) is 1. The molecule has 2 fully saturated rings. The van der Waals surface area contributed by atoms with Crippen molar-refractivity contribution in [3.05, 3.63) is 36.0 Å². The van der Waals surface area contributed by atoms with Gasteiger partial charge in [-0.15, -0.1) is 0 Å². The van der Waals surface area contributed by atoms with Crippen molar-refractivity contribution < 1.29 is 14.1 Å². The van der Waals surface area contributed by atoms with Crippen LogP contribution in [-0.2, 0) is 16.9 Å². The van der Waals surface area contributed by atoms with E-state index in [0.717, 1.165) is 37.9 Å². The van der Waals surface area contributed by atoms with Gasteiger partial charge in [0.25, 0.3) is 5.89 Å². The first-order chi connectivity index (χ1) is 11.6. The van der Waals surface area contributed by atoms with Crippen molar-refractivity contribution in [2.24, 2.45) is 5.73 Å². The average Bonchev–Trinajstić information content (AvgIpc) is 3.20. The topological polar surface area (TPSA) is 94.5 Å². The molecule has 24 heavy (non-hydrogen) atoms. The molecule has 1 aliphatic carbocycles. The maximum Gasteiger partial charge on any atom is 0.264 e. The SMILES string of the molecule is NC1(c2noc(COc3cccc(N4CCCC4=O)c3)n2)CCC1. The molecule has 1 amide bonds. The first-order valence-corrected chi connectivity index (χ1v) is 8.29. The largest absolute Gasteiger partial charge is 0.484 e. The van der Waals surface area contributed by atoms with Gasteiger partial charge in [-0.1, -0.05) is 11.2 Å². The lowest BCUT2D eigenvalue weighted by Gasteiger charge is -2.34. The number of nitrogens with zero attached hydrogens (tertiary/aromatic N) is 3. The molecule has 7 heteroatoms. The number of carbonyl (C=O) groups is 1. The minimum atomic E-state index is -0.433. The van der Waals surface area contributed by atoms with Crippen molar-refractivity contribution in [1.29, 1.82) is 0 Å². The van der Waals surface area contributed by atoms with Gasteiger partial charge >= 0.3 is 0 Å². The van der Waals surface area contributed by atoms with Crippen LogP contribution in [0.3, 0.4) is 0 Å². The summed E-state index contributed by atoms with van der Waals surface area (Å²) in [6.07, 6.45) is 4.38. The smallest absolute Gasteiger partial charge is 0.264 e. The van der Waals surface area contributed by atoms with Crippen molar-refractivity contribution in [2.45, 2.75) is 44.2 Å². The molecule has 2 aliphatic rings. The highest BCUT2D eigenvalue weighted by Crippen LogP contribution is 2.36. The van der Waals surface area contributed by atoms with Crippen LogP contribution in [-0.4, -0.2) is 22.6 Å². The summed E-state index contributed by atoms with van der Waals surface area (Å²) in [5, 5.41) is 3.97. The normalized spacial score (nSPS) is 19.4. The van der Waals surface area contributed by atoms with Gasteiger partial charge in [0, 0.05) is 24.7 Å². The average molecular weight is 328 g/mol. The molecule has 4 rings (SSSR count). The Morgan fingerprint density at radius 2 is 2.21 bits per heavy atom. The van der Waals surface area contributed by atoms with Gasteiger partial charge in [-0.05, 0) is 37.8 Å². The molecule has 0 unspecified atom stereocenters. The molecule has 7 nitrogen and oxygen atoms in total. The Hall–Kier alpha value is -2.41. The van der Waals surface area contributed by atoms with E-state index in [0.29, 0.717) is 23.9 Å². The number of hydrogen-bond donors (Lipinski definition) is 1. The van der Waals surface area contributed by atoms with Crippen LogP contribution in [0.1, 0.15) is 43.8 Å². The number of carbonyl (C=O) groups excluding carboxylic acids is 1. The molecule has 2 heterocycles. The van der Waals surface area contributed by atoms with Crippen LogP contribution in [0.25, 0.3) is 0 Å². The molecule has 1 aliphatic heterocycles. The summed E-state index contributed by atoms with van der Waals surface area (Å²) >= 11 is 0. The van der Waals surface area contributed by atoms with Gasteiger partial charge in [-0.25, -0.2) is 0 Å². The molecule has 2 N–H and O–H groups in total. The maximum absolute atomic E-state index is 11.8. The summed E-state index contributed by atoms with van der Waals surface area (Å²) in [5.74, 6) is 1.79. The number of anilines is 1. The monoisotopic (exact) mass is 328 g/mol. The highest BCUT2D eigenvalue weighted by atomic mass is 16.5. The lowest BCUT2D eigenvalue weighted by atomic mass is 9.77. The summed E-state index contributed by atoms with van der Waals surface area (Å²) < 4.78 is 11.0. The Morgan fingerprint density at radius 3 is 2.92 bits per heavy atom. The van der Waals surface area contributed by atoms with Crippen LogP contribution in [0.5, 0.6) is 5.75 Å². The second-order valence-corrected chi connectivity index (χ2v) is 6.46. The van der Waals surface area contributed by atoms with Crippen LogP contribution >= 0.6 is 0 Å². The van der Waals surface area contributed by atoms with E-state index in [1.807, 2.05) is 24.3 Å². The van der Waals surface area contributed by atoms with Crippen LogP contribution in [0, 0.1) is 0 Å². The third kappa shape index (κ3) is 2.75. The predicted octanol–water partition coefficient (Wildman–Crippen LogP) is 2.11. The van der Waals surface area contributed by atoms with E-state index in [9.17, 15) is 4.79 Å². The van der Waals surface area contributed by atoms with Crippen LogP contribution in [0.15, 0.2) is 28.8 Å². The van der Waals surface area contributed by atoms with Gasteiger partial charge in [0.15, 0.2) is 12.4 Å². The Morgan fingerprint density at radius 1 is 1.33 bits per heavy atom. The lowest BCUT2D eigenvalue weighted by Crippen LogP contribution is -2.44. The zero-order valence-corrected chi connectivity index (χ0v) is 13.4. The molecule has 1 aromatic carbocycles. The summed E-state index contributed by atoms with van der Waals surface area (Å²) in [5.41, 5.74) is 6.61. The number of hydrogen-bond acceptors (Lipinski definition) is 6. The highest BCUT2D eigenvalue weighted by molar-refractivity contribution is 5.95. The Bertz CT molecular complexity index is 754. The fourth-order valence-corrected chi connectivity index (χ4v) is 3.10. The third-order valence-electron chi connectivity index (χ3n) is 4.72. The van der Waals surface area contributed by atoms with Crippen LogP contribution < -0.4 is 15.4 Å². The molecule has 1 saturated heterocycles. The van der Waals surface area contributed by atoms with Gasteiger partial charge in [-0.2, -0.15) is 4.98 Å². The molecular weight excluding hydrogens is 308 g/mol. The van der Waals surface area contributed by atoms with Gasteiger partial charge in [0.2, 0.25) is 5.91 Å². The number of ether oxygens (including phenoxy) is 1. The van der Waals surface area contributed by atoms with E-state index in [4.69, 9.17) is 15.0 Å². The van der Waals surface area contributed by atoms with E-state index in [2.05, 4.69) is 10.1 Å². The predicted molar refractivity (Wildman–Crippen MR) is 86.4 cm³/mol. The van der Waals surface area contributed by atoms with Gasteiger partial charge < -0.3 is 19.9 Å². The van der Waals surface area contributed by atoms with Crippen LogP contribution in [0.4, 0.5) is 5.69 Å². The van der Waals surface area contributed by atoms with E-state index >= 15 is 0 Å². The van der Waals surface area contributed by atoms with E-state index < -0.39 is 5.54 Å². The molecular formula is C17H20N4O3. The number of amides is 1. The summed E-state index contributed by atoms with van der Waals surface area (Å²) in [6, 6.07) is 7.49. The molecule has 2 aromatic rings. The zero-order valence-electron chi connectivity index (χ0n) is 13.4. The molecule has 0 radical (unpaired) electrons. The van der Waals surface area contributed by atoms with Crippen molar-refractivity contribution in [1.82, 2.24) is 10.1 Å². The van der Waals surface area contributed by atoms with Crippen molar-refractivity contribution >= 4 is 11.6 Å². The van der Waals surface area contributed by atoms with Crippen molar-refractivity contribution in [2.75, 3.05) is 11.4 Å². The Balaban J connectivity index is 1.42. The third-order valence-corrected chi connectivity index (χ3v) is 4.72. The van der Waals surface area contributed by atoms with Gasteiger partial charge in [0.1, 0.15) is 5.75 Å². The molecule has 0 atom stereocenters. The number of rotatable bonds is 5. The van der Waals surface area contributed by atoms with Crippen molar-refractivity contribution in [3.63, 3.8) is 0 Å². The standard InChI is InChI=1S/C17H20N4O3/c18-17(7-3-8-17)16-19-14(24-20-16)11-23-13-5-1-4-12(10-13)21-9-2-6-15(21)22/h1,4-5,10H,2-3,6-9,11,18H2. The molecule has 0 spiro atoms. The first-order valence-electron chi connectivity index (χ1n) is 8.29. The van der Waals surface area contributed by atoms with E-state index in [1.54, 1.807) is 4.90 Å². The quantitative estimate of drug-likeness (QED) is 0.903. The minimum Gasteiger partial charge on any atom is -0.484 e. The van der Waals surface area contributed by atoms with Gasteiger partial charge in [0.05, 0.1) is 5.54 Å². The summed E-state index contributed by atoms with van der Waals surface area (Å²) in [7, 11) is 0. The summed E-state index contributed by atoms with van der Waals surface area (Å²) in [4.78, 5) is 18.0. The molecule has 1 saturated carbocycles. The molecule has 126 valence electrons. The second-order valence-electron chi connectivity index (χ2n) is 6.46. The van der Waals surface area contributed by atoms with Crippen molar-refractivity contribution in [3.8, 4) is 5.75 Å². The van der Waals surface area contributed by atoms with E-state index in [-0.39, 0.29) is 12.5 Å². The minimum absolute atomic E-state index is 0.155. The second kappa shape index (κ2) is 5.90. The Kier molecular flexibility index (Phi) is 3.72. The zero-order chi connectivity index (χ0) is 16.6. The van der Waals surface area contributed by atoms with Crippen LogP contribution in [0.2, 0.25) is 0 Å². The number of aromatic nitrogens is 2. The maximum atomic E-state index is 11.8. The highest BCUT2D eigenvalue weighted by Gasteiger charge is 2.39.